The summed E-state index contributed by atoms with van der Waals surface area (Å²) < 4.78 is 0. The van der Waals surface area contributed by atoms with Crippen molar-refractivity contribution in [2.75, 3.05) is 0 Å². The third-order valence-electron chi connectivity index (χ3n) is 0. The standard InChI is InChI=1S/ClH.Fe.HNO3/c;;2-1(3)4/h1H;;(H,2,3,4)/q;+1;/p-1. The monoisotopic (exact) mass is 154 g/mol. The first kappa shape index (κ1) is 9.38. The number of rotatable bonds is 0. The molecule has 0 radical (unpaired) electrons. The van der Waals surface area contributed by atoms with Gasteiger partial charge in [-0.3, -0.25) is 0 Å². The zero-order valence-electron chi connectivity index (χ0n) is 2.44. The average molecular weight is 154 g/mol. The first-order valence-corrected chi connectivity index (χ1v) is 2.22. The van der Waals surface area contributed by atoms with Crippen LogP contribution in [-0.2, 0) is 15.1 Å². The molecule has 0 rings (SSSR count). The minimum atomic E-state index is -1.50. The number of nitrogens with zero attached hydrogens (tertiary/aromatic N) is 1. The Morgan fingerprint density at radius 1 is 1.83 bits per heavy atom. The quantitative estimate of drug-likeness (QED) is 0.311. The van der Waals surface area contributed by atoms with Gasteiger partial charge in [0.1, 0.15) is 0 Å². The molecule has 0 fully saturated rings. The Labute approximate surface area is 46.2 Å². The van der Waals surface area contributed by atoms with Gasteiger partial charge < -0.3 is 5.21 Å². The minimum absolute atomic E-state index is 1.50. The molecule has 0 heterocycles. The fourth-order valence-corrected chi connectivity index (χ4v) is 0. The molecule has 0 aliphatic rings. The third kappa shape index (κ3) is 404000. The molecule has 0 amide bonds. The van der Waals surface area contributed by atoms with Crippen molar-refractivity contribution in [3.63, 3.8) is 0 Å². The molecule has 0 saturated heterocycles. The number of halogens is 1. The normalized spacial score (nSPS) is 5.00. The first-order chi connectivity index (χ1) is 2.73. The molecule has 0 saturated carbocycles. The van der Waals surface area contributed by atoms with E-state index in [2.05, 4.69) is 25.2 Å². The van der Waals surface area contributed by atoms with E-state index in [0.29, 0.717) is 0 Å². The molecule has 0 aromatic carbocycles. The summed E-state index contributed by atoms with van der Waals surface area (Å²) in [6.45, 7) is 0. The average Bonchev–Trinajstić information content (AvgIpc) is 1.41. The molecule has 1 N–H and O–H groups in total. The van der Waals surface area contributed by atoms with Gasteiger partial charge in [-0.15, -0.1) is 10.1 Å². The molecule has 39 valence electrons. The van der Waals surface area contributed by atoms with Gasteiger partial charge in [0.25, 0.3) is 5.09 Å². The van der Waals surface area contributed by atoms with Crippen molar-refractivity contribution < 1.29 is 25.4 Å². The molecule has 0 aliphatic heterocycles. The van der Waals surface area contributed by atoms with Crippen LogP contribution in [0.15, 0.2) is 0 Å². The number of hydrogen-bond donors (Lipinski definition) is 1. The van der Waals surface area contributed by atoms with Crippen molar-refractivity contribution in [3.8, 4) is 0 Å². The second kappa shape index (κ2) is 8.89. The molecule has 0 aromatic heterocycles. The van der Waals surface area contributed by atoms with Gasteiger partial charge in [-0.2, -0.15) is 0 Å². The predicted molar refractivity (Wildman–Crippen MR) is 14.6 cm³/mol. The van der Waals surface area contributed by atoms with Gasteiger partial charge in [-0.25, -0.2) is 0 Å². The molecular formula is HClFeNO3. The van der Waals surface area contributed by atoms with Crippen LogP contribution >= 0.6 is 10.1 Å². The van der Waals surface area contributed by atoms with Gasteiger partial charge in [0.05, 0.1) is 0 Å². The summed E-state index contributed by atoms with van der Waals surface area (Å²) >= 11 is 2.72. The van der Waals surface area contributed by atoms with Crippen molar-refractivity contribution in [2.45, 2.75) is 0 Å². The fraction of sp³-hybridized carbons (Fsp3) is 0. The van der Waals surface area contributed by atoms with E-state index >= 15 is 0 Å². The van der Waals surface area contributed by atoms with Crippen molar-refractivity contribution >= 4 is 10.1 Å². The van der Waals surface area contributed by atoms with Crippen molar-refractivity contribution in [1.82, 2.24) is 0 Å². The Balaban J connectivity index is 0. The van der Waals surface area contributed by atoms with Gasteiger partial charge in [-0.05, 0) is 0 Å². The summed E-state index contributed by atoms with van der Waals surface area (Å²) in [6.07, 6.45) is 0. The van der Waals surface area contributed by atoms with E-state index in [-0.39, 0.29) is 0 Å². The Morgan fingerprint density at radius 2 is 1.83 bits per heavy atom. The van der Waals surface area contributed by atoms with E-state index in [4.69, 9.17) is 15.3 Å². The van der Waals surface area contributed by atoms with E-state index in [1.54, 1.807) is 0 Å². The summed E-state index contributed by atoms with van der Waals surface area (Å²) in [4.78, 5) is 8.36. The van der Waals surface area contributed by atoms with Crippen LogP contribution in [0.4, 0.5) is 0 Å². The Bertz CT molecular complexity index is 33.8. The summed E-state index contributed by atoms with van der Waals surface area (Å²) in [5.74, 6) is 0. The van der Waals surface area contributed by atoms with E-state index in [1.807, 2.05) is 0 Å². The summed E-state index contributed by atoms with van der Waals surface area (Å²) in [7, 11) is 4.39. The molecular weight excluding hydrogens is 153 g/mol. The van der Waals surface area contributed by atoms with Crippen LogP contribution in [0.2, 0.25) is 0 Å². The summed E-state index contributed by atoms with van der Waals surface area (Å²) in [5, 5.41) is 13.6. The molecule has 0 unspecified atom stereocenters. The van der Waals surface area contributed by atoms with Crippen LogP contribution < -0.4 is 0 Å². The van der Waals surface area contributed by atoms with Gasteiger partial charge in [0.2, 0.25) is 0 Å². The van der Waals surface area contributed by atoms with Crippen LogP contribution in [0.25, 0.3) is 0 Å². The maximum atomic E-state index is 8.36. The second-order valence-corrected chi connectivity index (χ2v) is 0.238. The molecule has 4 nitrogen and oxygen atoms in total. The molecule has 0 bridgehead atoms. The first-order valence-electron chi connectivity index (χ1n) is 0.699. The molecule has 6 heteroatoms. The van der Waals surface area contributed by atoms with Gasteiger partial charge in [0.15, 0.2) is 0 Å². The zero-order valence-corrected chi connectivity index (χ0v) is 4.30. The van der Waals surface area contributed by atoms with Crippen molar-refractivity contribution in [1.29, 1.82) is 0 Å². The van der Waals surface area contributed by atoms with Crippen LogP contribution in [0.5, 0.6) is 0 Å². The maximum absolute atomic E-state index is 8.36. The third-order valence-corrected chi connectivity index (χ3v) is 0. The molecule has 6 heavy (non-hydrogen) atoms. The van der Waals surface area contributed by atoms with E-state index in [0.717, 1.165) is 0 Å². The topological polar surface area (TPSA) is 63.4 Å². The zero-order chi connectivity index (χ0) is 5.58. The predicted octanol–water partition coefficient (Wildman–Crippen LogP) is 0.339. The fourth-order valence-electron chi connectivity index (χ4n) is 0. The number of hydrogen-bond acceptors (Lipinski definition) is 2. The molecule has 0 spiro atoms. The SMILES string of the molecule is O=[N+]([O-])O.[Cl][Fe]. The van der Waals surface area contributed by atoms with Gasteiger partial charge in [-0.1, -0.05) is 0 Å². The second-order valence-electron chi connectivity index (χ2n) is 0.238. The van der Waals surface area contributed by atoms with Crippen LogP contribution in [-0.4, -0.2) is 10.3 Å². The molecule has 0 atom stereocenters. The Morgan fingerprint density at radius 3 is 1.83 bits per heavy atom. The van der Waals surface area contributed by atoms with Crippen LogP contribution in [0.1, 0.15) is 0 Å². The Kier molecular flexibility index (Phi) is 13.9. The Hall–Kier alpha value is 0.00948. The molecule has 0 aromatic rings. The molecule has 0 aliphatic carbocycles. The van der Waals surface area contributed by atoms with Crippen molar-refractivity contribution in [2.24, 2.45) is 0 Å². The van der Waals surface area contributed by atoms with E-state index in [1.165, 1.54) is 0 Å². The van der Waals surface area contributed by atoms with E-state index < -0.39 is 5.09 Å². The summed E-state index contributed by atoms with van der Waals surface area (Å²) in [5.41, 5.74) is 0. The van der Waals surface area contributed by atoms with Crippen LogP contribution in [0.3, 0.4) is 0 Å². The summed E-state index contributed by atoms with van der Waals surface area (Å²) in [6, 6.07) is 0. The van der Waals surface area contributed by atoms with Crippen LogP contribution in [0, 0.1) is 10.1 Å². The van der Waals surface area contributed by atoms with Crippen molar-refractivity contribution in [3.05, 3.63) is 10.1 Å². The van der Waals surface area contributed by atoms with E-state index in [9.17, 15) is 0 Å². The van der Waals surface area contributed by atoms with Gasteiger partial charge in [0, 0.05) is 0 Å². The van der Waals surface area contributed by atoms with Gasteiger partial charge >= 0.3 is 25.2 Å².